The predicted octanol–water partition coefficient (Wildman–Crippen LogP) is 2.35. The summed E-state index contributed by atoms with van der Waals surface area (Å²) in [6.07, 6.45) is 1.22. The van der Waals surface area contributed by atoms with Crippen LogP contribution in [-0.2, 0) is 0 Å². The molecule has 0 bridgehead atoms. The molecule has 0 saturated carbocycles. The highest BCUT2D eigenvalue weighted by Crippen LogP contribution is 2.24. The summed E-state index contributed by atoms with van der Waals surface area (Å²) in [7, 11) is 0. The fourth-order valence-electron chi connectivity index (χ4n) is 1.41. The van der Waals surface area contributed by atoms with Gasteiger partial charge in [0.2, 0.25) is 5.95 Å². The smallest absolute Gasteiger partial charge is 0.270 e. The van der Waals surface area contributed by atoms with Gasteiger partial charge in [-0.05, 0) is 24.6 Å². The van der Waals surface area contributed by atoms with Crippen molar-refractivity contribution in [1.29, 1.82) is 5.26 Å². The van der Waals surface area contributed by atoms with Crippen LogP contribution < -0.4 is 10.9 Å². The SMILES string of the molecule is Cc1c(Cl)cccc1Nc1ncc(C#N)c(=O)[nH]1. The van der Waals surface area contributed by atoms with Gasteiger partial charge in [0.25, 0.3) is 5.56 Å². The first-order chi connectivity index (χ1) is 8.61. The summed E-state index contributed by atoms with van der Waals surface area (Å²) in [6, 6.07) is 7.14. The van der Waals surface area contributed by atoms with Crippen molar-refractivity contribution in [2.75, 3.05) is 5.32 Å². The van der Waals surface area contributed by atoms with Crippen LogP contribution in [-0.4, -0.2) is 9.97 Å². The summed E-state index contributed by atoms with van der Waals surface area (Å²) in [5.41, 5.74) is 1.10. The van der Waals surface area contributed by atoms with E-state index in [-0.39, 0.29) is 11.5 Å². The molecule has 6 heteroatoms. The third-order valence-electron chi connectivity index (χ3n) is 2.44. The second kappa shape index (κ2) is 4.90. The fraction of sp³-hybridized carbons (Fsp3) is 0.0833. The lowest BCUT2D eigenvalue weighted by Gasteiger charge is -2.09. The van der Waals surface area contributed by atoms with Crippen molar-refractivity contribution < 1.29 is 0 Å². The van der Waals surface area contributed by atoms with Gasteiger partial charge in [-0.1, -0.05) is 17.7 Å². The molecule has 0 radical (unpaired) electrons. The van der Waals surface area contributed by atoms with Gasteiger partial charge in [-0.15, -0.1) is 0 Å². The molecule has 0 fully saturated rings. The number of halogens is 1. The monoisotopic (exact) mass is 260 g/mol. The van der Waals surface area contributed by atoms with Crippen molar-refractivity contribution in [3.8, 4) is 6.07 Å². The zero-order valence-electron chi connectivity index (χ0n) is 9.49. The highest BCUT2D eigenvalue weighted by molar-refractivity contribution is 6.31. The Morgan fingerprint density at radius 1 is 1.50 bits per heavy atom. The van der Waals surface area contributed by atoms with Crippen molar-refractivity contribution in [2.45, 2.75) is 6.92 Å². The van der Waals surface area contributed by atoms with Gasteiger partial charge in [0.05, 0.1) is 6.20 Å². The molecule has 0 unspecified atom stereocenters. The average Bonchev–Trinajstić information content (AvgIpc) is 2.35. The Morgan fingerprint density at radius 3 is 2.94 bits per heavy atom. The van der Waals surface area contributed by atoms with Crippen molar-refractivity contribution in [3.63, 3.8) is 0 Å². The van der Waals surface area contributed by atoms with Crippen LogP contribution in [0.1, 0.15) is 11.1 Å². The van der Waals surface area contributed by atoms with E-state index in [1.165, 1.54) is 6.20 Å². The van der Waals surface area contributed by atoms with Gasteiger partial charge < -0.3 is 5.32 Å². The second-order valence-corrected chi connectivity index (χ2v) is 4.03. The number of anilines is 2. The molecular weight excluding hydrogens is 252 g/mol. The largest absolute Gasteiger partial charge is 0.325 e. The van der Waals surface area contributed by atoms with Crippen LogP contribution in [0, 0.1) is 18.3 Å². The molecule has 1 heterocycles. The van der Waals surface area contributed by atoms with E-state index in [2.05, 4.69) is 15.3 Å². The summed E-state index contributed by atoms with van der Waals surface area (Å²) in [6.45, 7) is 1.85. The maximum Gasteiger partial charge on any atom is 0.270 e. The van der Waals surface area contributed by atoms with E-state index >= 15 is 0 Å². The second-order valence-electron chi connectivity index (χ2n) is 3.62. The third-order valence-corrected chi connectivity index (χ3v) is 2.85. The number of nitriles is 1. The molecule has 0 aliphatic heterocycles. The number of nitrogens with one attached hydrogen (secondary N) is 2. The van der Waals surface area contributed by atoms with Gasteiger partial charge >= 0.3 is 0 Å². The zero-order chi connectivity index (χ0) is 13.1. The van der Waals surface area contributed by atoms with E-state index < -0.39 is 5.56 Å². The Labute approximate surface area is 108 Å². The van der Waals surface area contributed by atoms with Crippen molar-refractivity contribution in [1.82, 2.24) is 9.97 Å². The van der Waals surface area contributed by atoms with E-state index in [1.807, 2.05) is 13.0 Å². The van der Waals surface area contributed by atoms with Gasteiger partial charge in [0.1, 0.15) is 11.6 Å². The maximum atomic E-state index is 11.4. The molecule has 0 aliphatic rings. The van der Waals surface area contributed by atoms with Crippen LogP contribution in [0.3, 0.4) is 0 Å². The van der Waals surface area contributed by atoms with Crippen molar-refractivity contribution in [3.05, 3.63) is 50.9 Å². The van der Waals surface area contributed by atoms with Gasteiger partial charge in [-0.3, -0.25) is 9.78 Å². The van der Waals surface area contributed by atoms with Crippen molar-refractivity contribution in [2.24, 2.45) is 0 Å². The summed E-state index contributed by atoms with van der Waals surface area (Å²) < 4.78 is 0. The molecule has 0 saturated heterocycles. The Bertz CT molecular complexity index is 687. The molecule has 2 aromatic rings. The van der Waals surface area contributed by atoms with E-state index in [0.29, 0.717) is 5.02 Å². The lowest BCUT2D eigenvalue weighted by Crippen LogP contribution is -2.13. The lowest BCUT2D eigenvalue weighted by atomic mass is 10.2. The molecule has 0 amide bonds. The number of H-pyrrole nitrogens is 1. The Morgan fingerprint density at radius 2 is 2.28 bits per heavy atom. The van der Waals surface area contributed by atoms with Crippen LogP contribution in [0.15, 0.2) is 29.2 Å². The summed E-state index contributed by atoms with van der Waals surface area (Å²) in [5.74, 6) is 0.268. The third kappa shape index (κ3) is 2.34. The minimum atomic E-state index is -0.477. The lowest BCUT2D eigenvalue weighted by molar-refractivity contribution is 1.10. The molecule has 2 N–H and O–H groups in total. The topological polar surface area (TPSA) is 81.6 Å². The number of rotatable bonds is 2. The van der Waals surface area contributed by atoms with Crippen molar-refractivity contribution >= 4 is 23.2 Å². The standard InChI is InChI=1S/C12H9ClN4O/c1-7-9(13)3-2-4-10(7)16-12-15-6-8(5-14)11(18)17-12/h2-4,6H,1H3,(H2,15,16,17,18). The van der Waals surface area contributed by atoms with E-state index in [1.54, 1.807) is 18.2 Å². The summed E-state index contributed by atoms with van der Waals surface area (Å²) in [5, 5.41) is 12.2. The van der Waals surface area contributed by atoms with E-state index in [4.69, 9.17) is 16.9 Å². The van der Waals surface area contributed by atoms with Crippen LogP contribution in [0.4, 0.5) is 11.6 Å². The number of benzene rings is 1. The Kier molecular flexibility index (Phi) is 3.31. The van der Waals surface area contributed by atoms with Gasteiger partial charge in [0, 0.05) is 10.7 Å². The highest BCUT2D eigenvalue weighted by Gasteiger charge is 2.05. The normalized spacial score (nSPS) is 9.83. The first-order valence-corrected chi connectivity index (χ1v) is 5.51. The molecule has 1 aromatic heterocycles. The molecule has 18 heavy (non-hydrogen) atoms. The molecule has 2 rings (SSSR count). The van der Waals surface area contributed by atoms with Crippen LogP contribution in [0.25, 0.3) is 0 Å². The highest BCUT2D eigenvalue weighted by atomic mass is 35.5. The molecule has 0 spiro atoms. The predicted molar refractivity (Wildman–Crippen MR) is 69.0 cm³/mol. The van der Waals surface area contributed by atoms with Gasteiger partial charge in [-0.2, -0.15) is 5.26 Å². The molecular formula is C12H9ClN4O. The number of nitrogens with zero attached hydrogens (tertiary/aromatic N) is 2. The molecule has 0 atom stereocenters. The number of hydrogen-bond donors (Lipinski definition) is 2. The number of aromatic nitrogens is 2. The Hall–Kier alpha value is -2.32. The van der Waals surface area contributed by atoms with Gasteiger partial charge in [-0.25, -0.2) is 4.98 Å². The quantitative estimate of drug-likeness (QED) is 0.868. The van der Waals surface area contributed by atoms with Gasteiger partial charge in [0.15, 0.2) is 0 Å². The number of aromatic amines is 1. The summed E-state index contributed by atoms with van der Waals surface area (Å²) in [4.78, 5) is 17.9. The molecule has 90 valence electrons. The van der Waals surface area contributed by atoms with Crippen LogP contribution in [0.2, 0.25) is 5.02 Å². The van der Waals surface area contributed by atoms with Crippen LogP contribution >= 0.6 is 11.6 Å². The minimum Gasteiger partial charge on any atom is -0.325 e. The minimum absolute atomic E-state index is 0.0247. The first kappa shape index (κ1) is 12.1. The molecule has 5 nitrogen and oxygen atoms in total. The van der Waals surface area contributed by atoms with Crippen LogP contribution in [0.5, 0.6) is 0 Å². The number of hydrogen-bond acceptors (Lipinski definition) is 4. The molecule has 1 aromatic carbocycles. The first-order valence-electron chi connectivity index (χ1n) is 5.13. The Balaban J connectivity index is 2.35. The zero-order valence-corrected chi connectivity index (χ0v) is 10.2. The van der Waals surface area contributed by atoms with E-state index in [0.717, 1.165) is 11.3 Å². The fourth-order valence-corrected chi connectivity index (χ4v) is 1.58. The summed E-state index contributed by atoms with van der Waals surface area (Å²) >= 11 is 5.98. The van der Waals surface area contributed by atoms with E-state index in [9.17, 15) is 4.79 Å². The average molecular weight is 261 g/mol. The molecule has 0 aliphatic carbocycles. The maximum absolute atomic E-state index is 11.4.